The summed E-state index contributed by atoms with van der Waals surface area (Å²) in [7, 11) is 0. The van der Waals surface area contributed by atoms with Crippen LogP contribution in [0.2, 0.25) is 0 Å². The summed E-state index contributed by atoms with van der Waals surface area (Å²) in [6.07, 6.45) is 2.57. The van der Waals surface area contributed by atoms with Crippen molar-refractivity contribution in [2.75, 3.05) is 31.1 Å². The third-order valence-corrected chi connectivity index (χ3v) is 4.81. The zero-order valence-corrected chi connectivity index (χ0v) is 15.4. The summed E-state index contributed by atoms with van der Waals surface area (Å²) in [5, 5.41) is 9.43. The van der Waals surface area contributed by atoms with Crippen molar-refractivity contribution in [3.8, 4) is 6.07 Å². The summed E-state index contributed by atoms with van der Waals surface area (Å²) in [5.41, 5.74) is 2.72. The number of nitrogens with zero attached hydrogens (tertiary/aromatic N) is 3. The predicted octanol–water partition coefficient (Wildman–Crippen LogP) is 3.64. The number of aryl methyl sites for hydroxylation is 1. The Morgan fingerprint density at radius 1 is 1.11 bits per heavy atom. The first-order valence-corrected chi connectivity index (χ1v) is 9.12. The topological polar surface area (TPSA) is 47.3 Å². The molecule has 0 aromatic heterocycles. The molecule has 1 fully saturated rings. The number of benzene rings is 2. The van der Waals surface area contributed by atoms with Crippen molar-refractivity contribution < 1.29 is 9.18 Å². The number of rotatable bonds is 4. The lowest BCUT2D eigenvalue weighted by Crippen LogP contribution is -2.49. The Labute approximate surface area is 159 Å². The molecule has 0 bridgehead atoms. The molecular formula is C22H22FN3O. The summed E-state index contributed by atoms with van der Waals surface area (Å²) >= 11 is 0. The molecule has 1 heterocycles. The van der Waals surface area contributed by atoms with Gasteiger partial charge >= 0.3 is 0 Å². The largest absolute Gasteiger partial charge is 0.366 e. The standard InChI is InChI=1S/C22H22FN3O/c1-2-17-7-9-18(10-8-17)15-19(16-24)22(27)26-13-11-25(12-14-26)21-6-4-3-5-20(21)23/h3-10,15H,2,11-14H2,1H3/b19-15+. The number of carbonyl (C=O) groups is 1. The molecule has 2 aromatic rings. The fraction of sp³-hybridized carbons (Fsp3) is 0.273. The minimum absolute atomic E-state index is 0.124. The third-order valence-electron chi connectivity index (χ3n) is 4.81. The highest BCUT2D eigenvalue weighted by atomic mass is 19.1. The van der Waals surface area contributed by atoms with Crippen LogP contribution in [-0.2, 0) is 11.2 Å². The van der Waals surface area contributed by atoms with E-state index in [1.165, 1.54) is 11.6 Å². The van der Waals surface area contributed by atoms with Gasteiger partial charge in [-0.15, -0.1) is 0 Å². The molecule has 0 N–H and O–H groups in total. The summed E-state index contributed by atoms with van der Waals surface area (Å²) in [4.78, 5) is 16.3. The number of carbonyl (C=O) groups excluding carboxylic acids is 1. The minimum atomic E-state index is -0.273. The first kappa shape index (κ1) is 18.7. The van der Waals surface area contributed by atoms with Gasteiger partial charge in [-0.1, -0.05) is 43.3 Å². The van der Waals surface area contributed by atoms with E-state index in [0.717, 1.165) is 12.0 Å². The van der Waals surface area contributed by atoms with Gasteiger partial charge in [0.05, 0.1) is 5.69 Å². The highest BCUT2D eigenvalue weighted by Crippen LogP contribution is 2.21. The average molecular weight is 363 g/mol. The van der Waals surface area contributed by atoms with Gasteiger partial charge in [0.1, 0.15) is 17.5 Å². The van der Waals surface area contributed by atoms with E-state index in [0.29, 0.717) is 31.9 Å². The molecule has 1 amide bonds. The number of hydrogen-bond donors (Lipinski definition) is 0. The Hall–Kier alpha value is -3.13. The van der Waals surface area contributed by atoms with Crippen molar-refractivity contribution in [3.05, 3.63) is 71.0 Å². The summed E-state index contributed by atoms with van der Waals surface area (Å²) in [5.74, 6) is -0.532. The van der Waals surface area contributed by atoms with Crippen LogP contribution in [-0.4, -0.2) is 37.0 Å². The van der Waals surface area contributed by atoms with Crippen LogP contribution in [0.1, 0.15) is 18.1 Å². The lowest BCUT2D eigenvalue weighted by Gasteiger charge is -2.36. The fourth-order valence-electron chi connectivity index (χ4n) is 3.19. The van der Waals surface area contributed by atoms with Gasteiger partial charge in [-0.05, 0) is 35.8 Å². The van der Waals surface area contributed by atoms with Crippen molar-refractivity contribution in [3.63, 3.8) is 0 Å². The van der Waals surface area contributed by atoms with Gasteiger partial charge in [-0.2, -0.15) is 5.26 Å². The van der Waals surface area contributed by atoms with E-state index in [2.05, 4.69) is 6.92 Å². The molecule has 2 aromatic carbocycles. The molecule has 27 heavy (non-hydrogen) atoms. The molecule has 1 aliphatic rings. The van der Waals surface area contributed by atoms with Crippen LogP contribution in [0.5, 0.6) is 0 Å². The van der Waals surface area contributed by atoms with Crippen molar-refractivity contribution in [2.45, 2.75) is 13.3 Å². The van der Waals surface area contributed by atoms with E-state index in [4.69, 9.17) is 0 Å². The number of nitriles is 1. The third kappa shape index (κ3) is 4.35. The number of hydrogen-bond acceptors (Lipinski definition) is 3. The fourth-order valence-corrected chi connectivity index (χ4v) is 3.19. The van der Waals surface area contributed by atoms with Gasteiger partial charge in [0.25, 0.3) is 5.91 Å². The van der Waals surface area contributed by atoms with Crippen molar-refractivity contribution in [2.24, 2.45) is 0 Å². The van der Waals surface area contributed by atoms with Crippen molar-refractivity contribution in [1.82, 2.24) is 4.90 Å². The number of piperazine rings is 1. The summed E-state index contributed by atoms with van der Waals surface area (Å²) in [6.45, 7) is 4.07. The van der Waals surface area contributed by atoms with Crippen LogP contribution in [0.4, 0.5) is 10.1 Å². The van der Waals surface area contributed by atoms with E-state index >= 15 is 0 Å². The number of halogens is 1. The maximum absolute atomic E-state index is 13.9. The lowest BCUT2D eigenvalue weighted by atomic mass is 10.1. The second kappa shape index (κ2) is 8.50. The first-order chi connectivity index (χ1) is 13.1. The van der Waals surface area contributed by atoms with Crippen LogP contribution in [0.25, 0.3) is 6.08 Å². The summed E-state index contributed by atoms with van der Waals surface area (Å²) in [6, 6.07) is 16.5. The minimum Gasteiger partial charge on any atom is -0.366 e. The number of anilines is 1. The Kier molecular flexibility index (Phi) is 5.87. The van der Waals surface area contributed by atoms with Gasteiger partial charge < -0.3 is 9.80 Å². The molecule has 0 saturated carbocycles. The molecule has 4 nitrogen and oxygen atoms in total. The van der Waals surface area contributed by atoms with Crippen LogP contribution in [0.3, 0.4) is 0 Å². The van der Waals surface area contributed by atoms with Gasteiger partial charge in [0.2, 0.25) is 0 Å². The molecule has 0 unspecified atom stereocenters. The maximum Gasteiger partial charge on any atom is 0.264 e. The van der Waals surface area contributed by atoms with E-state index in [1.807, 2.05) is 35.2 Å². The van der Waals surface area contributed by atoms with Gasteiger partial charge in [0, 0.05) is 26.2 Å². The molecule has 5 heteroatoms. The van der Waals surface area contributed by atoms with E-state index in [-0.39, 0.29) is 17.3 Å². The number of amides is 1. The van der Waals surface area contributed by atoms with Crippen LogP contribution in [0.15, 0.2) is 54.1 Å². The molecule has 138 valence electrons. The van der Waals surface area contributed by atoms with Crippen LogP contribution >= 0.6 is 0 Å². The van der Waals surface area contributed by atoms with Crippen LogP contribution < -0.4 is 4.90 Å². The Morgan fingerprint density at radius 2 is 1.78 bits per heavy atom. The molecule has 0 radical (unpaired) electrons. The van der Waals surface area contributed by atoms with Crippen molar-refractivity contribution >= 4 is 17.7 Å². The quantitative estimate of drug-likeness (QED) is 0.615. The predicted molar refractivity (Wildman–Crippen MR) is 105 cm³/mol. The second-order valence-corrected chi connectivity index (χ2v) is 6.50. The zero-order valence-electron chi connectivity index (χ0n) is 15.4. The Balaban J connectivity index is 1.67. The lowest BCUT2D eigenvalue weighted by molar-refractivity contribution is -0.126. The van der Waals surface area contributed by atoms with Gasteiger partial charge in [0.15, 0.2) is 0 Å². The van der Waals surface area contributed by atoms with Gasteiger partial charge in [-0.3, -0.25) is 4.79 Å². The monoisotopic (exact) mass is 363 g/mol. The SMILES string of the molecule is CCc1ccc(/C=C(\C#N)C(=O)N2CCN(c3ccccc3F)CC2)cc1. The van der Waals surface area contributed by atoms with Gasteiger partial charge in [-0.25, -0.2) is 4.39 Å². The van der Waals surface area contributed by atoms with E-state index in [9.17, 15) is 14.4 Å². The highest BCUT2D eigenvalue weighted by Gasteiger charge is 2.24. The molecule has 1 aliphatic heterocycles. The Morgan fingerprint density at radius 3 is 2.37 bits per heavy atom. The molecule has 0 aliphatic carbocycles. The Bertz CT molecular complexity index is 875. The normalized spacial score (nSPS) is 14.8. The van der Waals surface area contributed by atoms with E-state index < -0.39 is 0 Å². The smallest absolute Gasteiger partial charge is 0.264 e. The maximum atomic E-state index is 13.9. The second-order valence-electron chi connectivity index (χ2n) is 6.50. The highest BCUT2D eigenvalue weighted by molar-refractivity contribution is 6.01. The molecule has 3 rings (SSSR count). The molecule has 1 saturated heterocycles. The zero-order chi connectivity index (χ0) is 19.2. The summed E-state index contributed by atoms with van der Waals surface area (Å²) < 4.78 is 13.9. The first-order valence-electron chi connectivity index (χ1n) is 9.12. The average Bonchev–Trinajstić information content (AvgIpc) is 2.72. The van der Waals surface area contributed by atoms with E-state index in [1.54, 1.807) is 29.2 Å². The molecule has 0 spiro atoms. The molecular weight excluding hydrogens is 341 g/mol. The molecule has 0 atom stereocenters. The number of para-hydroxylation sites is 1. The van der Waals surface area contributed by atoms with Crippen molar-refractivity contribution in [1.29, 1.82) is 5.26 Å². The van der Waals surface area contributed by atoms with Crippen LogP contribution in [0, 0.1) is 17.1 Å².